The Balaban J connectivity index is 1.19. The quantitative estimate of drug-likeness (QED) is 0.0869. The summed E-state index contributed by atoms with van der Waals surface area (Å²) in [6.07, 6.45) is 2.10. The fourth-order valence-electron chi connectivity index (χ4n) is 9.49. The first-order chi connectivity index (χ1) is 27.5. The zero-order valence-corrected chi connectivity index (χ0v) is 36.1. The van der Waals surface area contributed by atoms with Gasteiger partial charge in [-0.15, -0.1) is 0 Å². The van der Waals surface area contributed by atoms with Gasteiger partial charge >= 0.3 is 0 Å². The molecule has 1 unspecified atom stereocenters. The molecule has 1 fully saturated rings. The zero-order valence-electron chi connectivity index (χ0n) is 33.5. The molecule has 1 saturated heterocycles. The zero-order chi connectivity index (χ0) is 40.5. The molecule has 3 aliphatic rings. The van der Waals surface area contributed by atoms with Crippen molar-refractivity contribution >= 4 is 58.1 Å². The summed E-state index contributed by atoms with van der Waals surface area (Å²) in [4.78, 5) is 32.8. The van der Waals surface area contributed by atoms with E-state index in [0.29, 0.717) is 39.0 Å². The van der Waals surface area contributed by atoms with Crippen molar-refractivity contribution in [3.05, 3.63) is 106 Å². The summed E-state index contributed by atoms with van der Waals surface area (Å²) in [7, 11) is -0.641. The Morgan fingerprint density at radius 2 is 1.65 bits per heavy atom. The number of ether oxygens (including phenoxy) is 3. The predicted molar refractivity (Wildman–Crippen MR) is 230 cm³/mol. The van der Waals surface area contributed by atoms with Gasteiger partial charge in [0.15, 0.2) is 5.60 Å². The molecule has 4 aromatic rings. The maximum absolute atomic E-state index is 15.1. The minimum Gasteiger partial charge on any atom is -0.497 e. The monoisotopic (exact) mass is 855 g/mol. The van der Waals surface area contributed by atoms with Crippen LogP contribution in [0.5, 0.6) is 11.5 Å². The van der Waals surface area contributed by atoms with E-state index in [-0.39, 0.29) is 42.6 Å². The highest BCUT2D eigenvalue weighted by atomic mass is 79.9. The van der Waals surface area contributed by atoms with Crippen LogP contribution in [0.2, 0.25) is 18.6 Å². The van der Waals surface area contributed by atoms with Crippen molar-refractivity contribution in [1.82, 2.24) is 5.32 Å². The van der Waals surface area contributed by atoms with Crippen molar-refractivity contribution in [2.24, 2.45) is 5.92 Å². The number of methoxy groups -OCH3 is 1. The number of rotatable bonds is 15. The topological polar surface area (TPSA) is 121 Å². The van der Waals surface area contributed by atoms with Crippen LogP contribution in [0.25, 0.3) is 0 Å². The Morgan fingerprint density at radius 1 is 0.930 bits per heavy atom. The van der Waals surface area contributed by atoms with Gasteiger partial charge in [-0.05, 0) is 116 Å². The first kappa shape index (κ1) is 41.1. The number of anilines is 3. The summed E-state index contributed by atoms with van der Waals surface area (Å²) in [6, 6.07) is 27.6. The summed E-state index contributed by atoms with van der Waals surface area (Å²) in [5, 5.41) is 24.2. The van der Waals surface area contributed by atoms with E-state index in [1.165, 1.54) is 5.19 Å². The van der Waals surface area contributed by atoms with Crippen LogP contribution in [-0.4, -0.2) is 75.7 Å². The molecule has 7 rings (SSSR count). The van der Waals surface area contributed by atoms with E-state index >= 15 is 4.79 Å². The Labute approximate surface area is 345 Å². The summed E-state index contributed by atoms with van der Waals surface area (Å²) in [5.41, 5.74) is 3.96. The molecule has 302 valence electrons. The number of aliphatic hydroxyl groups is 2. The second-order valence-electron chi connectivity index (χ2n) is 15.9. The van der Waals surface area contributed by atoms with Crippen molar-refractivity contribution in [3.8, 4) is 11.5 Å². The first-order valence-electron chi connectivity index (χ1n) is 20.1. The third-order valence-electron chi connectivity index (χ3n) is 12.3. The molecule has 1 spiro atoms. The largest absolute Gasteiger partial charge is 0.497 e. The van der Waals surface area contributed by atoms with Gasteiger partial charge in [0.05, 0.1) is 51.9 Å². The lowest BCUT2D eigenvalue weighted by molar-refractivity contribution is -0.146. The lowest BCUT2D eigenvalue weighted by atomic mass is 9.82. The molecule has 57 heavy (non-hydrogen) atoms. The smallest absolute Gasteiger partial charge is 0.264 e. The van der Waals surface area contributed by atoms with Crippen molar-refractivity contribution in [2.45, 2.75) is 82.5 Å². The molecule has 3 heterocycles. The number of fused-ring (bicyclic) bond motifs is 3. The molecule has 0 aliphatic carbocycles. The number of carbonyl (C=O) groups excluding carboxylic acids is 2. The van der Waals surface area contributed by atoms with Crippen LogP contribution in [-0.2, 0) is 32.9 Å². The van der Waals surface area contributed by atoms with Gasteiger partial charge in [-0.2, -0.15) is 0 Å². The van der Waals surface area contributed by atoms with E-state index in [1.807, 2.05) is 84.6 Å². The third-order valence-corrected chi connectivity index (χ3v) is 17.1. The van der Waals surface area contributed by atoms with Crippen LogP contribution in [0.3, 0.4) is 0 Å². The molecule has 0 radical (unpaired) electrons. The molecule has 5 atom stereocenters. The lowest BCUT2D eigenvalue weighted by Gasteiger charge is -2.37. The Morgan fingerprint density at radius 3 is 2.33 bits per heavy atom. The average Bonchev–Trinajstić information content (AvgIpc) is 3.63. The number of nitrogens with zero attached hydrogens (tertiary/aromatic N) is 2. The first-order valence-corrected chi connectivity index (χ1v) is 23.9. The molecule has 0 bridgehead atoms. The van der Waals surface area contributed by atoms with Gasteiger partial charge < -0.3 is 34.6 Å². The van der Waals surface area contributed by atoms with Crippen molar-refractivity contribution in [2.75, 3.05) is 43.3 Å². The van der Waals surface area contributed by atoms with Gasteiger partial charge in [0.1, 0.15) is 11.5 Å². The molecule has 12 heteroatoms. The molecule has 10 nitrogen and oxygen atoms in total. The van der Waals surface area contributed by atoms with Crippen molar-refractivity contribution in [3.63, 3.8) is 0 Å². The van der Waals surface area contributed by atoms with Gasteiger partial charge in [0.2, 0.25) is 5.91 Å². The summed E-state index contributed by atoms with van der Waals surface area (Å²) in [6.45, 7) is 10.3. The molecule has 4 aromatic carbocycles. The van der Waals surface area contributed by atoms with Gasteiger partial charge in [0.25, 0.3) is 5.91 Å². The Hall–Kier alpha value is -4.04. The van der Waals surface area contributed by atoms with E-state index in [0.717, 1.165) is 56.1 Å². The fourth-order valence-corrected chi connectivity index (χ4v) is 13.9. The number of unbranched alkanes of at least 4 members (excludes halogenated alkanes) is 1. The lowest BCUT2D eigenvalue weighted by Crippen LogP contribution is -2.51. The second-order valence-corrected chi connectivity index (χ2v) is 21.5. The molecular formula is C45H54BrN3O7Si. The molecular weight excluding hydrogens is 802 g/mol. The molecule has 3 aliphatic heterocycles. The number of benzene rings is 4. The van der Waals surface area contributed by atoms with Crippen LogP contribution in [0.1, 0.15) is 49.8 Å². The van der Waals surface area contributed by atoms with Crippen molar-refractivity contribution in [1.29, 1.82) is 0 Å². The van der Waals surface area contributed by atoms with Gasteiger partial charge in [-0.3, -0.25) is 14.5 Å². The maximum atomic E-state index is 15.1. The number of amides is 2. The highest BCUT2D eigenvalue weighted by molar-refractivity contribution is 9.10. The van der Waals surface area contributed by atoms with E-state index in [4.69, 9.17) is 14.2 Å². The van der Waals surface area contributed by atoms with Gasteiger partial charge in [0, 0.05) is 34.9 Å². The summed E-state index contributed by atoms with van der Waals surface area (Å²) < 4.78 is 19.2. The van der Waals surface area contributed by atoms with Crippen molar-refractivity contribution < 1.29 is 34.0 Å². The van der Waals surface area contributed by atoms with Crippen LogP contribution in [0, 0.1) is 5.92 Å². The second kappa shape index (κ2) is 17.0. The average molecular weight is 857 g/mol. The van der Waals surface area contributed by atoms with E-state index in [1.54, 1.807) is 12.0 Å². The fraction of sp³-hybridized carbons (Fsp3) is 0.422. The number of aliphatic hydroxyl groups excluding tert-OH is 2. The molecule has 3 N–H and O–H groups in total. The normalized spacial score (nSPS) is 22.9. The SMILES string of the molecule is CCOc1ccc2c(c1)CC(NCCCCO)C(=O)N2c1ccc(CN2C(=O)[C@@]3(O[C@@H](CCO)[C@H]([Si](C)(C)c4ccc(OC)cc4)[C@H]3C)c3cc(Br)ccc32)cc1. The summed E-state index contributed by atoms with van der Waals surface area (Å²) in [5.74, 6) is 1.24. The van der Waals surface area contributed by atoms with E-state index in [2.05, 4.69) is 53.4 Å². The van der Waals surface area contributed by atoms with Crippen LogP contribution < -0.4 is 29.8 Å². The Kier molecular flexibility index (Phi) is 12.3. The number of nitrogens with one attached hydrogen (secondary N) is 1. The van der Waals surface area contributed by atoms with Crippen LogP contribution in [0.15, 0.2) is 89.4 Å². The third kappa shape index (κ3) is 7.56. The number of halogens is 1. The molecule has 2 amide bonds. The van der Waals surface area contributed by atoms with Crippen LogP contribution >= 0.6 is 15.9 Å². The van der Waals surface area contributed by atoms with E-state index < -0.39 is 19.7 Å². The number of carbonyl (C=O) groups is 2. The minimum atomic E-state index is -2.31. The standard InChI is InChI=1S/C45H54BrN3O7Si/c1-6-55-35-16-20-39-31(25-35)26-38(47-22-7-8-23-50)43(52)49(39)33-12-9-30(10-13-33)28-48-40-19-11-32(46)27-37(40)45(44(48)53)29(2)42(41(56-45)21-24-51)57(4,5)36-17-14-34(54-3)15-18-36/h9-20,25,27,29,38,41-42,47,50-51H,6-8,21-24,26,28H2,1-5H3/t29-,38?,41+,42-,45+/m1/s1. The summed E-state index contributed by atoms with van der Waals surface area (Å²) >= 11 is 3.69. The van der Waals surface area contributed by atoms with Gasteiger partial charge in [-0.25, -0.2) is 0 Å². The van der Waals surface area contributed by atoms with E-state index in [9.17, 15) is 15.0 Å². The molecule has 0 aromatic heterocycles. The maximum Gasteiger partial charge on any atom is 0.264 e. The minimum absolute atomic E-state index is 0.0369. The number of hydrogen-bond donors (Lipinski definition) is 3. The van der Waals surface area contributed by atoms with Gasteiger partial charge in [-0.1, -0.05) is 65.4 Å². The molecule has 0 saturated carbocycles. The highest BCUT2D eigenvalue weighted by Gasteiger charge is 2.66. The number of hydrogen-bond acceptors (Lipinski definition) is 8. The Bertz CT molecular complexity index is 2080. The highest BCUT2D eigenvalue weighted by Crippen LogP contribution is 2.60. The van der Waals surface area contributed by atoms with Crippen LogP contribution in [0.4, 0.5) is 17.1 Å². The predicted octanol–water partition coefficient (Wildman–Crippen LogP) is 6.95.